The van der Waals surface area contributed by atoms with Gasteiger partial charge in [-0.1, -0.05) is 46.3 Å². The highest BCUT2D eigenvalue weighted by atomic mass is 79.9. The molecule has 3 rings (SSSR count). The smallest absolute Gasteiger partial charge is 0.228 e. The van der Waals surface area contributed by atoms with Gasteiger partial charge in [-0.15, -0.1) is 0 Å². The van der Waals surface area contributed by atoms with Gasteiger partial charge in [0.2, 0.25) is 5.91 Å². The van der Waals surface area contributed by atoms with Crippen LogP contribution in [0, 0.1) is 19.8 Å². The van der Waals surface area contributed by atoms with E-state index in [-0.39, 0.29) is 11.8 Å². The second-order valence-electron chi connectivity index (χ2n) is 6.96. The van der Waals surface area contributed by atoms with Crippen molar-refractivity contribution in [3.63, 3.8) is 0 Å². The van der Waals surface area contributed by atoms with Crippen LogP contribution in [0.3, 0.4) is 0 Å². The van der Waals surface area contributed by atoms with Crippen LogP contribution in [0.1, 0.15) is 29.5 Å². The molecular formula is C21H25BrN2O. The summed E-state index contributed by atoms with van der Waals surface area (Å²) in [6.07, 6.45) is 2.04. The Morgan fingerprint density at radius 1 is 1.16 bits per heavy atom. The highest BCUT2D eigenvalue weighted by Gasteiger charge is 2.26. The molecule has 0 aliphatic carbocycles. The second kappa shape index (κ2) is 8.15. The Labute approximate surface area is 158 Å². The van der Waals surface area contributed by atoms with Crippen molar-refractivity contribution in [1.82, 2.24) is 4.90 Å². The Kier molecular flexibility index (Phi) is 5.92. The summed E-state index contributed by atoms with van der Waals surface area (Å²) in [4.78, 5) is 15.2. The van der Waals surface area contributed by atoms with Crippen molar-refractivity contribution in [1.29, 1.82) is 0 Å². The summed E-state index contributed by atoms with van der Waals surface area (Å²) >= 11 is 3.48. The van der Waals surface area contributed by atoms with Gasteiger partial charge in [-0.2, -0.15) is 0 Å². The quantitative estimate of drug-likeness (QED) is 0.789. The van der Waals surface area contributed by atoms with E-state index in [4.69, 9.17) is 0 Å². The van der Waals surface area contributed by atoms with Crippen LogP contribution in [0.25, 0.3) is 0 Å². The van der Waals surface area contributed by atoms with Gasteiger partial charge >= 0.3 is 0 Å². The molecule has 2 aromatic carbocycles. The molecule has 0 bridgehead atoms. The van der Waals surface area contributed by atoms with Crippen molar-refractivity contribution in [3.8, 4) is 0 Å². The van der Waals surface area contributed by atoms with Crippen LogP contribution >= 0.6 is 15.9 Å². The van der Waals surface area contributed by atoms with Gasteiger partial charge in [-0.3, -0.25) is 9.69 Å². The molecule has 1 fully saturated rings. The lowest BCUT2D eigenvalue weighted by Crippen LogP contribution is -2.40. The average Bonchev–Trinajstić information content (AvgIpc) is 2.60. The molecule has 0 aromatic heterocycles. The highest BCUT2D eigenvalue weighted by Crippen LogP contribution is 2.24. The van der Waals surface area contributed by atoms with E-state index >= 15 is 0 Å². The number of nitrogens with one attached hydrogen (secondary N) is 1. The molecule has 3 nitrogen and oxygen atoms in total. The van der Waals surface area contributed by atoms with Gasteiger partial charge in [0.25, 0.3) is 0 Å². The Hall–Kier alpha value is -1.65. The molecular weight excluding hydrogens is 376 g/mol. The number of piperidine rings is 1. The monoisotopic (exact) mass is 400 g/mol. The van der Waals surface area contributed by atoms with Crippen molar-refractivity contribution in [3.05, 3.63) is 63.6 Å². The van der Waals surface area contributed by atoms with Gasteiger partial charge in [0.05, 0.1) is 5.92 Å². The first-order valence-electron chi connectivity index (χ1n) is 8.87. The summed E-state index contributed by atoms with van der Waals surface area (Å²) in [5, 5.41) is 3.17. The predicted molar refractivity (Wildman–Crippen MR) is 107 cm³/mol. The van der Waals surface area contributed by atoms with E-state index in [1.807, 2.05) is 32.0 Å². The van der Waals surface area contributed by atoms with Gasteiger partial charge in [0, 0.05) is 23.2 Å². The number of carbonyl (C=O) groups excluding carboxylic acids is 1. The minimum atomic E-state index is 0.0585. The predicted octanol–water partition coefficient (Wildman–Crippen LogP) is 4.92. The number of nitrogens with zero attached hydrogens (tertiary/aromatic N) is 1. The van der Waals surface area contributed by atoms with E-state index in [9.17, 15) is 4.79 Å². The number of amides is 1. The van der Waals surface area contributed by atoms with Crippen molar-refractivity contribution in [2.45, 2.75) is 33.2 Å². The zero-order chi connectivity index (χ0) is 17.8. The summed E-state index contributed by atoms with van der Waals surface area (Å²) in [6, 6.07) is 14.6. The molecule has 1 aliphatic heterocycles. The number of carbonyl (C=O) groups is 1. The van der Waals surface area contributed by atoms with E-state index < -0.39 is 0 Å². The third kappa shape index (κ3) is 4.71. The number of anilines is 1. The van der Waals surface area contributed by atoms with E-state index in [2.05, 4.69) is 50.4 Å². The molecule has 1 aliphatic rings. The lowest BCUT2D eigenvalue weighted by atomic mass is 9.96. The third-order valence-electron chi connectivity index (χ3n) is 4.93. The van der Waals surface area contributed by atoms with E-state index in [1.54, 1.807) is 0 Å². The summed E-state index contributed by atoms with van der Waals surface area (Å²) in [5.74, 6) is 0.209. The number of hydrogen-bond donors (Lipinski definition) is 1. The minimum Gasteiger partial charge on any atom is -0.325 e. The molecule has 1 saturated heterocycles. The fourth-order valence-electron chi connectivity index (χ4n) is 3.50. The normalized spacial score (nSPS) is 18.1. The fraction of sp³-hybridized carbons (Fsp3) is 0.381. The molecule has 132 valence electrons. The summed E-state index contributed by atoms with van der Waals surface area (Å²) in [6.45, 7) is 6.88. The largest absolute Gasteiger partial charge is 0.325 e. The zero-order valence-corrected chi connectivity index (χ0v) is 16.5. The second-order valence-corrected chi connectivity index (χ2v) is 7.87. The van der Waals surface area contributed by atoms with Crippen molar-refractivity contribution in [2.24, 2.45) is 5.92 Å². The van der Waals surface area contributed by atoms with Crippen LogP contribution in [-0.2, 0) is 11.3 Å². The molecule has 1 N–H and O–H groups in total. The number of rotatable bonds is 4. The Morgan fingerprint density at radius 2 is 1.84 bits per heavy atom. The molecule has 1 heterocycles. The molecule has 2 aromatic rings. The third-order valence-corrected chi connectivity index (χ3v) is 5.45. The molecule has 4 heteroatoms. The van der Waals surface area contributed by atoms with Crippen molar-refractivity contribution < 1.29 is 4.79 Å². The zero-order valence-electron chi connectivity index (χ0n) is 14.9. The maximum atomic E-state index is 12.8. The Morgan fingerprint density at radius 3 is 2.52 bits per heavy atom. The SMILES string of the molecule is Cc1cccc(C)c1NC(=O)C1CCCN(Cc2ccc(Br)cc2)C1. The van der Waals surface area contributed by atoms with Crippen LogP contribution in [0.4, 0.5) is 5.69 Å². The Balaban J connectivity index is 1.62. The number of halogens is 1. The van der Waals surface area contributed by atoms with Crippen molar-refractivity contribution in [2.75, 3.05) is 18.4 Å². The first kappa shape index (κ1) is 18.2. The standard InChI is InChI=1S/C21H25BrN2O/c1-15-5-3-6-16(2)20(15)23-21(25)18-7-4-12-24(14-18)13-17-8-10-19(22)11-9-17/h3,5-6,8-11,18H,4,7,12-14H2,1-2H3,(H,23,25). The Bertz CT molecular complexity index is 722. The van der Waals surface area contributed by atoms with Gasteiger partial charge in [-0.25, -0.2) is 0 Å². The van der Waals surface area contributed by atoms with Crippen LogP contribution in [-0.4, -0.2) is 23.9 Å². The number of aryl methyl sites for hydroxylation is 2. The summed E-state index contributed by atoms with van der Waals surface area (Å²) < 4.78 is 1.10. The fourth-order valence-corrected chi connectivity index (χ4v) is 3.76. The highest BCUT2D eigenvalue weighted by molar-refractivity contribution is 9.10. The first-order valence-corrected chi connectivity index (χ1v) is 9.66. The number of likely N-dealkylation sites (tertiary alicyclic amines) is 1. The molecule has 0 radical (unpaired) electrons. The van der Waals surface area contributed by atoms with Crippen molar-refractivity contribution >= 4 is 27.5 Å². The molecule has 25 heavy (non-hydrogen) atoms. The van der Waals surface area contributed by atoms with Gasteiger partial charge < -0.3 is 5.32 Å². The van der Waals surface area contributed by atoms with Crippen LogP contribution < -0.4 is 5.32 Å². The van der Waals surface area contributed by atoms with E-state index in [1.165, 1.54) is 5.56 Å². The maximum absolute atomic E-state index is 12.8. The molecule has 0 spiro atoms. The molecule has 1 unspecified atom stereocenters. The number of benzene rings is 2. The summed E-state index contributed by atoms with van der Waals surface area (Å²) in [5.41, 5.74) is 4.50. The molecule has 0 saturated carbocycles. The number of hydrogen-bond acceptors (Lipinski definition) is 2. The lowest BCUT2D eigenvalue weighted by molar-refractivity contribution is -0.121. The maximum Gasteiger partial charge on any atom is 0.228 e. The summed E-state index contributed by atoms with van der Waals surface area (Å²) in [7, 11) is 0. The van der Waals surface area contributed by atoms with Gasteiger partial charge in [0.1, 0.15) is 0 Å². The van der Waals surface area contributed by atoms with Gasteiger partial charge in [-0.05, 0) is 62.1 Å². The van der Waals surface area contributed by atoms with Crippen LogP contribution in [0.5, 0.6) is 0 Å². The minimum absolute atomic E-state index is 0.0585. The topological polar surface area (TPSA) is 32.3 Å². The lowest BCUT2D eigenvalue weighted by Gasteiger charge is -2.32. The van der Waals surface area contributed by atoms with E-state index in [0.29, 0.717) is 0 Å². The van der Waals surface area contributed by atoms with Gasteiger partial charge in [0.15, 0.2) is 0 Å². The van der Waals surface area contributed by atoms with Crippen LogP contribution in [0.2, 0.25) is 0 Å². The van der Waals surface area contributed by atoms with E-state index in [0.717, 1.165) is 53.8 Å². The molecule has 1 amide bonds. The first-order chi connectivity index (χ1) is 12.0. The average molecular weight is 401 g/mol. The number of para-hydroxylation sites is 1. The molecule has 1 atom stereocenters. The van der Waals surface area contributed by atoms with Crippen LogP contribution in [0.15, 0.2) is 46.9 Å².